The van der Waals surface area contributed by atoms with E-state index in [2.05, 4.69) is 80.8 Å². The van der Waals surface area contributed by atoms with Crippen LogP contribution in [-0.2, 0) is 14.3 Å². The summed E-state index contributed by atoms with van der Waals surface area (Å²) in [6, 6.07) is -0.724. The Balaban J connectivity index is 4.73. The summed E-state index contributed by atoms with van der Waals surface area (Å²) >= 11 is 0. The number of allylic oxidation sites excluding steroid dienone is 18. The van der Waals surface area contributed by atoms with Crippen molar-refractivity contribution in [3.8, 4) is 0 Å². The van der Waals surface area contributed by atoms with Crippen LogP contribution in [0, 0.1) is 0 Å². The fourth-order valence-electron chi connectivity index (χ4n) is 6.87. The van der Waals surface area contributed by atoms with E-state index in [1.165, 1.54) is 57.8 Å². The third-order valence-corrected chi connectivity index (χ3v) is 10.6. The molecule has 6 heteroatoms. The molecular formula is C55H91NO5. The van der Waals surface area contributed by atoms with E-state index in [-0.39, 0.29) is 24.9 Å². The van der Waals surface area contributed by atoms with Crippen molar-refractivity contribution in [2.75, 3.05) is 6.61 Å². The van der Waals surface area contributed by atoms with Gasteiger partial charge in [-0.3, -0.25) is 9.59 Å². The van der Waals surface area contributed by atoms with Crippen LogP contribution in [-0.4, -0.2) is 46.9 Å². The van der Waals surface area contributed by atoms with Gasteiger partial charge in [-0.05, 0) is 64.2 Å². The smallest absolute Gasteiger partial charge is 0.306 e. The number of esters is 1. The Bertz CT molecular complexity index is 1270. The Kier molecular flexibility index (Phi) is 44.9. The Morgan fingerprint density at radius 2 is 0.885 bits per heavy atom. The Hall–Kier alpha value is -3.48. The fourth-order valence-corrected chi connectivity index (χ4v) is 6.87. The molecule has 0 saturated carbocycles. The van der Waals surface area contributed by atoms with Gasteiger partial charge in [0.1, 0.15) is 6.10 Å². The average Bonchev–Trinajstić information content (AvgIpc) is 3.25. The number of rotatable bonds is 42. The van der Waals surface area contributed by atoms with Crippen LogP contribution in [0.2, 0.25) is 0 Å². The zero-order valence-electron chi connectivity index (χ0n) is 39.2. The summed E-state index contributed by atoms with van der Waals surface area (Å²) in [5.74, 6) is -0.557. The summed E-state index contributed by atoms with van der Waals surface area (Å²) in [6.07, 6.45) is 64.2. The zero-order chi connectivity index (χ0) is 44.5. The van der Waals surface area contributed by atoms with Crippen LogP contribution in [0.3, 0.4) is 0 Å². The van der Waals surface area contributed by atoms with E-state index in [1.54, 1.807) is 0 Å². The third-order valence-electron chi connectivity index (χ3n) is 10.6. The highest BCUT2D eigenvalue weighted by molar-refractivity contribution is 5.77. The Labute approximate surface area is 375 Å². The lowest BCUT2D eigenvalue weighted by Crippen LogP contribution is -2.46. The lowest BCUT2D eigenvalue weighted by atomic mass is 10.0. The maximum atomic E-state index is 13.2. The van der Waals surface area contributed by atoms with Gasteiger partial charge in [-0.25, -0.2) is 0 Å². The maximum absolute atomic E-state index is 13.2. The molecule has 6 nitrogen and oxygen atoms in total. The summed E-state index contributed by atoms with van der Waals surface area (Å²) in [7, 11) is 0. The zero-order valence-corrected chi connectivity index (χ0v) is 39.2. The van der Waals surface area contributed by atoms with Gasteiger partial charge in [-0.15, -0.1) is 0 Å². The minimum Gasteiger partial charge on any atom is -0.462 e. The third kappa shape index (κ3) is 43.0. The number of amides is 1. The lowest BCUT2D eigenvalue weighted by molar-refractivity contribution is -0.151. The van der Waals surface area contributed by atoms with E-state index in [1.807, 2.05) is 54.7 Å². The van der Waals surface area contributed by atoms with E-state index in [4.69, 9.17) is 4.74 Å². The summed E-state index contributed by atoms with van der Waals surface area (Å²) in [5.41, 5.74) is 0. The number of aliphatic hydroxyl groups excluding tert-OH is 2. The molecule has 0 saturated heterocycles. The molecule has 0 aromatic heterocycles. The normalized spacial score (nSPS) is 14.2. The van der Waals surface area contributed by atoms with Crippen LogP contribution < -0.4 is 5.32 Å². The second-order valence-electron chi connectivity index (χ2n) is 16.3. The van der Waals surface area contributed by atoms with E-state index in [9.17, 15) is 19.8 Å². The minimum absolute atomic E-state index is 0.0385. The van der Waals surface area contributed by atoms with Gasteiger partial charge < -0.3 is 20.3 Å². The predicted octanol–water partition coefficient (Wildman–Crippen LogP) is 14.7. The molecule has 346 valence electrons. The van der Waals surface area contributed by atoms with Gasteiger partial charge in [0.15, 0.2) is 0 Å². The molecule has 1 amide bonds. The number of nitrogens with one attached hydrogen (secondary N) is 1. The van der Waals surface area contributed by atoms with Crippen molar-refractivity contribution in [3.63, 3.8) is 0 Å². The van der Waals surface area contributed by atoms with Gasteiger partial charge in [0.25, 0.3) is 0 Å². The molecule has 0 heterocycles. The van der Waals surface area contributed by atoms with Crippen molar-refractivity contribution >= 4 is 11.9 Å². The van der Waals surface area contributed by atoms with Crippen LogP contribution in [0.1, 0.15) is 201 Å². The van der Waals surface area contributed by atoms with E-state index in [0.29, 0.717) is 19.3 Å². The summed E-state index contributed by atoms with van der Waals surface area (Å²) in [4.78, 5) is 26.1. The van der Waals surface area contributed by atoms with E-state index < -0.39 is 18.2 Å². The van der Waals surface area contributed by atoms with Gasteiger partial charge in [-0.2, -0.15) is 0 Å². The van der Waals surface area contributed by atoms with Crippen LogP contribution >= 0.6 is 0 Å². The number of ether oxygens (including phenoxy) is 1. The van der Waals surface area contributed by atoms with E-state index >= 15 is 0 Å². The summed E-state index contributed by atoms with van der Waals surface area (Å²) in [6.45, 7) is 6.17. The molecule has 0 aromatic rings. The van der Waals surface area contributed by atoms with Crippen LogP contribution in [0.15, 0.2) is 109 Å². The van der Waals surface area contributed by atoms with Gasteiger partial charge in [0, 0.05) is 6.42 Å². The van der Waals surface area contributed by atoms with Crippen LogP contribution in [0.4, 0.5) is 0 Å². The van der Waals surface area contributed by atoms with Crippen molar-refractivity contribution < 1.29 is 24.5 Å². The van der Waals surface area contributed by atoms with Gasteiger partial charge in [-0.1, -0.05) is 233 Å². The number of carbonyl (C=O) groups excluding carboxylic acids is 2. The Morgan fingerprint density at radius 1 is 0.492 bits per heavy atom. The quantitative estimate of drug-likeness (QED) is 0.0323. The van der Waals surface area contributed by atoms with E-state index in [0.717, 1.165) is 96.3 Å². The first-order chi connectivity index (χ1) is 30.0. The monoisotopic (exact) mass is 846 g/mol. The first kappa shape index (κ1) is 57.5. The molecule has 0 rings (SSSR count). The second-order valence-corrected chi connectivity index (χ2v) is 16.3. The molecule has 0 aromatic carbocycles. The average molecular weight is 846 g/mol. The first-order valence-corrected chi connectivity index (χ1v) is 24.7. The van der Waals surface area contributed by atoms with Gasteiger partial charge >= 0.3 is 5.97 Å². The standard InChI is InChI=1S/C55H91NO5/c1-4-7-10-13-16-19-22-25-26-27-28-30-33-36-39-42-45-48-55(60)61-51(46-43-40-37-34-31-29-23-20-17-14-11-8-5-2)49-54(59)56-52(50-57)53(58)47-44-41-38-35-32-24-21-18-15-12-9-6-3/h7-8,10-11,13-14,16-17,19-20,22-23,25-28,30,33,51-53,57-58H,4-6,9,12,15,18,21,24,29,31-32,34-50H2,1-3H3,(H,56,59)/b10-7-,11-8+,16-13+,17-14+,22-19+,23-20+,26-25-,28-27+,33-30+. The van der Waals surface area contributed by atoms with Crippen molar-refractivity contribution in [2.45, 2.75) is 219 Å². The lowest BCUT2D eigenvalue weighted by Gasteiger charge is -2.24. The summed E-state index contributed by atoms with van der Waals surface area (Å²) in [5, 5.41) is 23.7. The molecule has 0 aliphatic heterocycles. The topological polar surface area (TPSA) is 95.9 Å². The number of hydrogen-bond acceptors (Lipinski definition) is 5. The molecule has 3 unspecified atom stereocenters. The van der Waals surface area contributed by atoms with Crippen LogP contribution in [0.5, 0.6) is 0 Å². The number of hydrogen-bond donors (Lipinski definition) is 3. The molecular weight excluding hydrogens is 755 g/mol. The van der Waals surface area contributed by atoms with Crippen LogP contribution in [0.25, 0.3) is 0 Å². The fraction of sp³-hybridized carbons (Fsp3) is 0.636. The molecule has 61 heavy (non-hydrogen) atoms. The molecule has 3 atom stereocenters. The highest BCUT2D eigenvalue weighted by atomic mass is 16.5. The molecule has 0 radical (unpaired) electrons. The molecule has 0 aliphatic carbocycles. The molecule has 3 N–H and O–H groups in total. The molecule has 0 aliphatic rings. The Morgan fingerprint density at radius 3 is 1.34 bits per heavy atom. The molecule has 0 spiro atoms. The van der Waals surface area contributed by atoms with Gasteiger partial charge in [0.2, 0.25) is 5.91 Å². The maximum Gasteiger partial charge on any atom is 0.306 e. The SMILES string of the molecule is CC\C=C/C=C/C=C/C=C\C=C\C=C\CCCCCC(=O)OC(CCCCCCC/C=C/C=C/C=C/CC)CC(=O)NC(CO)C(O)CCCCCCCCCCCCCC. The molecule has 0 fully saturated rings. The minimum atomic E-state index is -0.808. The largest absolute Gasteiger partial charge is 0.462 e. The number of aliphatic hydroxyl groups is 2. The van der Waals surface area contributed by atoms with Crippen molar-refractivity contribution in [1.82, 2.24) is 5.32 Å². The first-order valence-electron chi connectivity index (χ1n) is 24.7. The van der Waals surface area contributed by atoms with Crippen molar-refractivity contribution in [3.05, 3.63) is 109 Å². The highest BCUT2D eigenvalue weighted by Crippen LogP contribution is 2.17. The summed E-state index contributed by atoms with van der Waals surface area (Å²) < 4.78 is 5.90. The molecule has 0 bridgehead atoms. The number of unbranched alkanes of at least 4 members (excludes halogenated alkanes) is 19. The second kappa shape index (κ2) is 47.6. The van der Waals surface area contributed by atoms with Crippen molar-refractivity contribution in [2.24, 2.45) is 0 Å². The van der Waals surface area contributed by atoms with Crippen molar-refractivity contribution in [1.29, 1.82) is 0 Å². The number of carbonyl (C=O) groups is 2. The predicted molar refractivity (Wildman–Crippen MR) is 263 cm³/mol. The van der Waals surface area contributed by atoms with Gasteiger partial charge in [0.05, 0.1) is 25.2 Å². The highest BCUT2D eigenvalue weighted by Gasteiger charge is 2.24.